The van der Waals surface area contributed by atoms with Crippen molar-refractivity contribution in [1.82, 2.24) is 20.4 Å². The molecule has 0 fully saturated rings. The van der Waals surface area contributed by atoms with Crippen LogP contribution in [0, 0.1) is 13.8 Å². The predicted octanol–water partition coefficient (Wildman–Crippen LogP) is 2.55. The number of rotatable bonds is 7. The zero-order valence-electron chi connectivity index (χ0n) is 17.5. The number of halogens is 1. The van der Waals surface area contributed by atoms with E-state index in [1.807, 2.05) is 30.8 Å². The fraction of sp³-hybridized carbons (Fsp3) is 0.474. The van der Waals surface area contributed by atoms with Crippen LogP contribution in [0.1, 0.15) is 22.5 Å². The van der Waals surface area contributed by atoms with Crippen molar-refractivity contribution in [1.29, 1.82) is 0 Å². The van der Waals surface area contributed by atoms with E-state index in [0.717, 1.165) is 17.0 Å². The topological polar surface area (TPSA) is 81.9 Å². The summed E-state index contributed by atoms with van der Waals surface area (Å²) in [5.74, 6) is 2.53. The first-order valence-corrected chi connectivity index (χ1v) is 8.68. The average molecular weight is 503 g/mol. The second kappa shape index (κ2) is 11.0. The second-order valence-electron chi connectivity index (χ2n) is 6.05. The Morgan fingerprint density at radius 1 is 1.04 bits per heavy atom. The number of hydrogen-bond acceptors (Lipinski definition) is 5. The van der Waals surface area contributed by atoms with Gasteiger partial charge in [0.25, 0.3) is 0 Å². The van der Waals surface area contributed by atoms with Crippen LogP contribution in [-0.4, -0.2) is 44.1 Å². The monoisotopic (exact) mass is 503 g/mol. The number of aryl methyl sites for hydroxylation is 2. The Morgan fingerprint density at radius 2 is 1.68 bits per heavy atom. The van der Waals surface area contributed by atoms with Crippen LogP contribution < -0.4 is 24.8 Å². The molecule has 28 heavy (non-hydrogen) atoms. The lowest BCUT2D eigenvalue weighted by molar-refractivity contribution is 0.322. The predicted molar refractivity (Wildman–Crippen MR) is 121 cm³/mol. The van der Waals surface area contributed by atoms with Crippen molar-refractivity contribution in [3.8, 4) is 17.2 Å². The fourth-order valence-corrected chi connectivity index (χ4v) is 2.95. The maximum atomic E-state index is 5.52. The average Bonchev–Trinajstić information content (AvgIpc) is 2.92. The van der Waals surface area contributed by atoms with E-state index in [2.05, 4.69) is 27.6 Å². The number of nitrogens with one attached hydrogen (secondary N) is 2. The van der Waals surface area contributed by atoms with Gasteiger partial charge in [0.05, 0.1) is 27.0 Å². The van der Waals surface area contributed by atoms with Gasteiger partial charge < -0.3 is 24.8 Å². The van der Waals surface area contributed by atoms with Gasteiger partial charge in [-0.3, -0.25) is 9.67 Å². The van der Waals surface area contributed by atoms with Gasteiger partial charge in [-0.2, -0.15) is 5.10 Å². The number of benzene rings is 1. The minimum Gasteiger partial charge on any atom is -0.493 e. The van der Waals surface area contributed by atoms with Crippen LogP contribution in [-0.2, 0) is 20.1 Å². The highest BCUT2D eigenvalue weighted by Gasteiger charge is 2.16. The van der Waals surface area contributed by atoms with Crippen molar-refractivity contribution in [3.63, 3.8) is 0 Å². The Kier molecular flexibility index (Phi) is 9.36. The molecule has 1 aromatic carbocycles. The molecule has 8 nitrogen and oxygen atoms in total. The van der Waals surface area contributed by atoms with Gasteiger partial charge in [-0.25, -0.2) is 0 Å². The standard InChI is InChI=1S/C19H29N5O3.HI/c1-12-15(13(2)24(4)23-12)11-22-19(20-3)21-10-14-8-9-16(25-5)18(27-7)17(14)26-6;/h8-9H,10-11H2,1-7H3,(H2,20,21,22);1H. The van der Waals surface area contributed by atoms with E-state index < -0.39 is 0 Å². The summed E-state index contributed by atoms with van der Waals surface area (Å²) in [6.45, 7) is 5.23. The summed E-state index contributed by atoms with van der Waals surface area (Å²) in [5.41, 5.74) is 4.26. The van der Waals surface area contributed by atoms with Crippen molar-refractivity contribution in [2.24, 2.45) is 12.0 Å². The van der Waals surface area contributed by atoms with Gasteiger partial charge in [-0.15, -0.1) is 24.0 Å². The van der Waals surface area contributed by atoms with Gasteiger partial charge in [0.2, 0.25) is 5.75 Å². The highest BCUT2D eigenvalue weighted by atomic mass is 127. The lowest BCUT2D eigenvalue weighted by Crippen LogP contribution is -2.36. The maximum Gasteiger partial charge on any atom is 0.203 e. The molecular weight excluding hydrogens is 473 g/mol. The van der Waals surface area contributed by atoms with Crippen molar-refractivity contribution < 1.29 is 14.2 Å². The fourth-order valence-electron chi connectivity index (χ4n) is 2.95. The number of ether oxygens (including phenoxy) is 3. The first-order valence-electron chi connectivity index (χ1n) is 8.68. The molecule has 0 spiro atoms. The maximum absolute atomic E-state index is 5.52. The SMILES string of the molecule is CN=C(NCc1ccc(OC)c(OC)c1OC)NCc1c(C)nn(C)c1C.I. The molecule has 1 aromatic heterocycles. The van der Waals surface area contributed by atoms with Crippen molar-refractivity contribution >= 4 is 29.9 Å². The summed E-state index contributed by atoms with van der Waals surface area (Å²) in [4.78, 5) is 4.29. The summed E-state index contributed by atoms with van der Waals surface area (Å²) >= 11 is 0. The summed E-state index contributed by atoms with van der Waals surface area (Å²) in [7, 11) is 8.49. The number of methoxy groups -OCH3 is 3. The number of aliphatic imine (C=N–C) groups is 1. The van der Waals surface area contributed by atoms with Crippen LogP contribution in [0.25, 0.3) is 0 Å². The van der Waals surface area contributed by atoms with E-state index in [4.69, 9.17) is 14.2 Å². The Balaban J connectivity index is 0.00000392. The minimum atomic E-state index is 0. The van der Waals surface area contributed by atoms with Crippen LogP contribution in [0.15, 0.2) is 17.1 Å². The summed E-state index contributed by atoms with van der Waals surface area (Å²) in [6.07, 6.45) is 0. The molecule has 156 valence electrons. The smallest absolute Gasteiger partial charge is 0.203 e. The van der Waals surface area contributed by atoms with Gasteiger partial charge in [-0.1, -0.05) is 0 Å². The third kappa shape index (κ3) is 5.21. The summed E-state index contributed by atoms with van der Waals surface area (Å²) in [5, 5.41) is 11.1. The summed E-state index contributed by atoms with van der Waals surface area (Å²) in [6, 6.07) is 3.80. The second-order valence-corrected chi connectivity index (χ2v) is 6.05. The molecule has 0 saturated carbocycles. The normalized spacial score (nSPS) is 10.9. The Hall–Kier alpha value is -2.17. The summed E-state index contributed by atoms with van der Waals surface area (Å²) < 4.78 is 18.2. The van der Waals surface area contributed by atoms with E-state index in [0.29, 0.717) is 36.3 Å². The van der Waals surface area contributed by atoms with Crippen LogP contribution in [0.4, 0.5) is 0 Å². The van der Waals surface area contributed by atoms with Gasteiger partial charge in [0.15, 0.2) is 17.5 Å². The number of nitrogens with zero attached hydrogens (tertiary/aromatic N) is 3. The molecule has 1 heterocycles. The number of guanidine groups is 1. The van der Waals surface area contributed by atoms with Gasteiger partial charge >= 0.3 is 0 Å². The molecule has 0 radical (unpaired) electrons. The molecule has 2 aromatic rings. The molecule has 0 saturated heterocycles. The zero-order valence-corrected chi connectivity index (χ0v) is 19.9. The van der Waals surface area contributed by atoms with Crippen LogP contribution >= 0.6 is 24.0 Å². The lowest BCUT2D eigenvalue weighted by Gasteiger charge is -2.17. The molecule has 0 aliphatic heterocycles. The highest BCUT2D eigenvalue weighted by Crippen LogP contribution is 2.39. The van der Waals surface area contributed by atoms with Gasteiger partial charge in [0, 0.05) is 44.0 Å². The first-order chi connectivity index (χ1) is 13.0. The Labute approximate surface area is 183 Å². The van der Waals surface area contributed by atoms with E-state index in [-0.39, 0.29) is 24.0 Å². The molecule has 0 amide bonds. The third-order valence-corrected chi connectivity index (χ3v) is 4.55. The van der Waals surface area contributed by atoms with E-state index in [9.17, 15) is 0 Å². The molecule has 2 rings (SSSR count). The van der Waals surface area contributed by atoms with E-state index >= 15 is 0 Å². The van der Waals surface area contributed by atoms with Crippen LogP contribution in [0.2, 0.25) is 0 Å². The Morgan fingerprint density at radius 3 is 2.18 bits per heavy atom. The van der Waals surface area contributed by atoms with Crippen molar-refractivity contribution in [2.75, 3.05) is 28.4 Å². The highest BCUT2D eigenvalue weighted by molar-refractivity contribution is 14.0. The van der Waals surface area contributed by atoms with Gasteiger partial charge in [0.1, 0.15) is 0 Å². The van der Waals surface area contributed by atoms with Crippen molar-refractivity contribution in [2.45, 2.75) is 26.9 Å². The van der Waals surface area contributed by atoms with Crippen LogP contribution in [0.5, 0.6) is 17.2 Å². The third-order valence-electron chi connectivity index (χ3n) is 4.55. The molecule has 2 N–H and O–H groups in total. The Bertz CT molecular complexity index is 820. The number of aromatic nitrogens is 2. The van der Waals surface area contributed by atoms with Crippen molar-refractivity contribution in [3.05, 3.63) is 34.6 Å². The lowest BCUT2D eigenvalue weighted by atomic mass is 10.1. The molecular formula is C19H30IN5O3. The molecule has 0 aliphatic rings. The zero-order chi connectivity index (χ0) is 20.0. The number of hydrogen-bond donors (Lipinski definition) is 2. The van der Waals surface area contributed by atoms with E-state index in [1.165, 1.54) is 5.56 Å². The molecule has 0 atom stereocenters. The largest absolute Gasteiger partial charge is 0.493 e. The van der Waals surface area contributed by atoms with Gasteiger partial charge in [-0.05, 0) is 26.0 Å². The first kappa shape index (κ1) is 23.9. The molecule has 0 bridgehead atoms. The molecule has 0 unspecified atom stereocenters. The minimum absolute atomic E-state index is 0. The van der Waals surface area contributed by atoms with Crippen LogP contribution in [0.3, 0.4) is 0 Å². The molecule has 9 heteroatoms. The quantitative estimate of drug-likeness (QED) is 0.344. The molecule has 0 aliphatic carbocycles. The van der Waals surface area contributed by atoms with E-state index in [1.54, 1.807) is 28.4 Å².